The normalized spacial score (nSPS) is 13.9. The summed E-state index contributed by atoms with van der Waals surface area (Å²) in [6, 6.07) is 10.8. The maximum absolute atomic E-state index is 4.52. The molecule has 1 aromatic heterocycles. The minimum Gasteiger partial charge on any atom is -0.378 e. The van der Waals surface area contributed by atoms with Crippen LogP contribution in [0.4, 0.5) is 23.1 Å². The zero-order chi connectivity index (χ0) is 14.8. The number of aryl methyl sites for hydroxylation is 1. The molecule has 1 fully saturated rings. The van der Waals surface area contributed by atoms with Gasteiger partial charge in [0.1, 0.15) is 5.82 Å². The largest absolute Gasteiger partial charge is 0.378 e. The van der Waals surface area contributed by atoms with Gasteiger partial charge in [0.25, 0.3) is 0 Å². The van der Waals surface area contributed by atoms with Crippen LogP contribution < -0.4 is 15.5 Å². The fourth-order valence-corrected chi connectivity index (χ4v) is 2.11. The van der Waals surface area contributed by atoms with Crippen molar-refractivity contribution in [3.05, 3.63) is 36.0 Å². The standard InChI is InChI=1S/C16H21N5/c1-11-10-15(18-12-4-5-12)20-16(17-11)19-13-6-8-14(9-7-13)21(2)3/h6-10,12H,4-5H2,1-3H3,(H2,17,18,19,20). The van der Waals surface area contributed by atoms with E-state index in [1.807, 2.05) is 39.2 Å². The molecular formula is C16H21N5. The van der Waals surface area contributed by atoms with Gasteiger partial charge in [0.15, 0.2) is 0 Å². The van der Waals surface area contributed by atoms with E-state index >= 15 is 0 Å². The molecule has 21 heavy (non-hydrogen) atoms. The third kappa shape index (κ3) is 3.62. The summed E-state index contributed by atoms with van der Waals surface area (Å²) in [7, 11) is 4.06. The molecule has 5 heteroatoms. The molecule has 0 amide bonds. The molecule has 0 unspecified atom stereocenters. The monoisotopic (exact) mass is 283 g/mol. The van der Waals surface area contributed by atoms with Gasteiger partial charge in [-0.3, -0.25) is 0 Å². The minimum atomic E-state index is 0.589. The van der Waals surface area contributed by atoms with Gasteiger partial charge in [-0.05, 0) is 44.0 Å². The molecule has 1 heterocycles. The number of aromatic nitrogens is 2. The van der Waals surface area contributed by atoms with E-state index in [1.54, 1.807) is 0 Å². The predicted octanol–water partition coefficient (Wildman–Crippen LogP) is 3.17. The van der Waals surface area contributed by atoms with Crippen LogP contribution in [0.25, 0.3) is 0 Å². The summed E-state index contributed by atoms with van der Waals surface area (Å²) in [5, 5.41) is 6.67. The third-order valence-electron chi connectivity index (χ3n) is 3.42. The summed E-state index contributed by atoms with van der Waals surface area (Å²) in [5.74, 6) is 1.54. The Kier molecular flexibility index (Phi) is 3.64. The smallest absolute Gasteiger partial charge is 0.229 e. The van der Waals surface area contributed by atoms with Crippen LogP contribution in [0.1, 0.15) is 18.5 Å². The fourth-order valence-electron chi connectivity index (χ4n) is 2.11. The van der Waals surface area contributed by atoms with E-state index in [9.17, 15) is 0 Å². The Morgan fingerprint density at radius 3 is 2.43 bits per heavy atom. The SMILES string of the molecule is Cc1cc(NC2CC2)nc(Nc2ccc(N(C)C)cc2)n1. The quantitative estimate of drug-likeness (QED) is 0.882. The van der Waals surface area contributed by atoms with E-state index in [0.29, 0.717) is 12.0 Å². The zero-order valence-electron chi connectivity index (χ0n) is 12.7. The van der Waals surface area contributed by atoms with Crippen LogP contribution in [0, 0.1) is 6.92 Å². The van der Waals surface area contributed by atoms with Crippen LogP contribution in [0.5, 0.6) is 0 Å². The number of anilines is 4. The Morgan fingerprint density at radius 2 is 1.81 bits per heavy atom. The first kappa shape index (κ1) is 13.7. The van der Waals surface area contributed by atoms with Crippen LogP contribution in [0.3, 0.4) is 0 Å². The number of nitrogens with one attached hydrogen (secondary N) is 2. The van der Waals surface area contributed by atoms with Crippen LogP contribution in [-0.4, -0.2) is 30.1 Å². The molecule has 110 valence electrons. The maximum atomic E-state index is 4.52. The molecule has 1 aliphatic rings. The molecule has 2 N–H and O–H groups in total. The second-order valence-corrected chi connectivity index (χ2v) is 5.70. The van der Waals surface area contributed by atoms with Crippen molar-refractivity contribution in [3.8, 4) is 0 Å². The van der Waals surface area contributed by atoms with E-state index in [4.69, 9.17) is 0 Å². The summed E-state index contributed by atoms with van der Waals surface area (Å²) in [5.41, 5.74) is 3.12. The Balaban J connectivity index is 1.75. The van der Waals surface area contributed by atoms with Crippen molar-refractivity contribution in [1.82, 2.24) is 9.97 Å². The van der Waals surface area contributed by atoms with E-state index in [2.05, 4.69) is 37.6 Å². The lowest BCUT2D eigenvalue weighted by Crippen LogP contribution is -2.08. The third-order valence-corrected chi connectivity index (χ3v) is 3.42. The summed E-state index contributed by atoms with van der Waals surface area (Å²) in [6.07, 6.45) is 2.47. The highest BCUT2D eigenvalue weighted by atomic mass is 15.2. The molecular weight excluding hydrogens is 262 g/mol. The molecule has 3 rings (SSSR count). The molecule has 5 nitrogen and oxygen atoms in total. The van der Waals surface area contributed by atoms with Crippen molar-refractivity contribution in [3.63, 3.8) is 0 Å². The molecule has 0 aliphatic heterocycles. The Labute approximate surface area is 125 Å². The number of nitrogens with zero attached hydrogens (tertiary/aromatic N) is 3. The van der Waals surface area contributed by atoms with Crippen molar-refractivity contribution in [2.75, 3.05) is 29.6 Å². The molecule has 0 bridgehead atoms. The van der Waals surface area contributed by atoms with Crippen LogP contribution in [-0.2, 0) is 0 Å². The van der Waals surface area contributed by atoms with Gasteiger partial charge in [-0.15, -0.1) is 0 Å². The highest BCUT2D eigenvalue weighted by Gasteiger charge is 2.21. The Bertz CT molecular complexity index is 617. The van der Waals surface area contributed by atoms with E-state index in [1.165, 1.54) is 18.5 Å². The van der Waals surface area contributed by atoms with Crippen molar-refractivity contribution < 1.29 is 0 Å². The second-order valence-electron chi connectivity index (χ2n) is 5.70. The molecule has 1 saturated carbocycles. The number of hydrogen-bond acceptors (Lipinski definition) is 5. The van der Waals surface area contributed by atoms with Gasteiger partial charge in [-0.2, -0.15) is 4.98 Å². The molecule has 0 spiro atoms. The predicted molar refractivity (Wildman–Crippen MR) is 87.5 cm³/mol. The average Bonchev–Trinajstić information content (AvgIpc) is 3.22. The van der Waals surface area contributed by atoms with Crippen molar-refractivity contribution in [1.29, 1.82) is 0 Å². The second kappa shape index (κ2) is 5.60. The van der Waals surface area contributed by atoms with Gasteiger partial charge >= 0.3 is 0 Å². The van der Waals surface area contributed by atoms with Gasteiger partial charge < -0.3 is 15.5 Å². The molecule has 0 radical (unpaired) electrons. The molecule has 1 aromatic carbocycles. The van der Waals surface area contributed by atoms with Gasteiger partial charge in [0.05, 0.1) is 0 Å². The fraction of sp³-hybridized carbons (Fsp3) is 0.375. The number of benzene rings is 1. The highest BCUT2D eigenvalue weighted by molar-refractivity contribution is 5.60. The van der Waals surface area contributed by atoms with E-state index in [-0.39, 0.29) is 0 Å². The Morgan fingerprint density at radius 1 is 1.10 bits per heavy atom. The van der Waals surface area contributed by atoms with Crippen LogP contribution in [0.2, 0.25) is 0 Å². The molecule has 0 saturated heterocycles. The first-order chi connectivity index (χ1) is 10.1. The molecule has 2 aromatic rings. The first-order valence-electron chi connectivity index (χ1n) is 7.27. The van der Waals surface area contributed by atoms with Gasteiger partial charge in [0.2, 0.25) is 5.95 Å². The van der Waals surface area contributed by atoms with Crippen molar-refractivity contribution >= 4 is 23.1 Å². The average molecular weight is 283 g/mol. The number of hydrogen-bond donors (Lipinski definition) is 2. The lowest BCUT2D eigenvalue weighted by Gasteiger charge is -2.13. The highest BCUT2D eigenvalue weighted by Crippen LogP contribution is 2.25. The summed E-state index contributed by atoms with van der Waals surface area (Å²) in [4.78, 5) is 11.0. The molecule has 1 aliphatic carbocycles. The van der Waals surface area contributed by atoms with Gasteiger partial charge in [-0.1, -0.05) is 0 Å². The van der Waals surface area contributed by atoms with Crippen molar-refractivity contribution in [2.24, 2.45) is 0 Å². The van der Waals surface area contributed by atoms with Crippen molar-refractivity contribution in [2.45, 2.75) is 25.8 Å². The topological polar surface area (TPSA) is 53.1 Å². The zero-order valence-corrected chi connectivity index (χ0v) is 12.7. The van der Waals surface area contributed by atoms with Gasteiger partial charge in [-0.25, -0.2) is 4.98 Å². The molecule has 0 atom stereocenters. The minimum absolute atomic E-state index is 0.589. The first-order valence-corrected chi connectivity index (χ1v) is 7.27. The lowest BCUT2D eigenvalue weighted by molar-refractivity contribution is 1.06. The lowest BCUT2D eigenvalue weighted by atomic mass is 10.2. The van der Waals surface area contributed by atoms with Crippen LogP contribution in [0.15, 0.2) is 30.3 Å². The van der Waals surface area contributed by atoms with Crippen LogP contribution >= 0.6 is 0 Å². The van der Waals surface area contributed by atoms with E-state index in [0.717, 1.165) is 17.2 Å². The Hall–Kier alpha value is -2.30. The summed E-state index contributed by atoms with van der Waals surface area (Å²) >= 11 is 0. The summed E-state index contributed by atoms with van der Waals surface area (Å²) in [6.45, 7) is 1.99. The van der Waals surface area contributed by atoms with E-state index < -0.39 is 0 Å². The maximum Gasteiger partial charge on any atom is 0.229 e. The summed E-state index contributed by atoms with van der Waals surface area (Å²) < 4.78 is 0. The van der Waals surface area contributed by atoms with Gasteiger partial charge in [0, 0.05) is 43.3 Å². The number of rotatable bonds is 5.